The molecule has 2 heterocycles. The summed E-state index contributed by atoms with van der Waals surface area (Å²) in [7, 11) is 0. The van der Waals surface area contributed by atoms with Gasteiger partial charge in [-0.3, -0.25) is 9.89 Å². The standard InChI is InChI=1S/C19H26N4O2S/c1-13(2)17-21-22-19(26)23(17)11-10-20-18(24)15-9-6-12-25-16(15)14-7-4-3-5-8-14/h3-5,7-8,13,15-16H,6,9-12H2,1-2H3,(H,20,24)(H,22,26)/t15-,16+/m1/s1. The lowest BCUT2D eigenvalue weighted by Gasteiger charge is -2.31. The fourth-order valence-corrected chi connectivity index (χ4v) is 3.66. The number of aromatic amines is 1. The van der Waals surface area contributed by atoms with E-state index in [-0.39, 0.29) is 23.8 Å². The normalized spacial score (nSPS) is 20.3. The predicted octanol–water partition coefficient (Wildman–Crippen LogP) is 3.35. The molecule has 1 aliphatic rings. The molecule has 1 aromatic carbocycles. The molecule has 1 aliphatic heterocycles. The average molecular weight is 375 g/mol. The highest BCUT2D eigenvalue weighted by Gasteiger charge is 2.32. The summed E-state index contributed by atoms with van der Waals surface area (Å²) in [5.74, 6) is 1.06. The van der Waals surface area contributed by atoms with Crippen LogP contribution in [0.25, 0.3) is 0 Å². The van der Waals surface area contributed by atoms with Gasteiger partial charge in [0.25, 0.3) is 0 Å². The first kappa shape index (κ1) is 18.8. The number of benzene rings is 1. The van der Waals surface area contributed by atoms with E-state index in [1.165, 1.54) is 0 Å². The first-order chi connectivity index (χ1) is 12.6. The molecule has 1 amide bonds. The van der Waals surface area contributed by atoms with E-state index in [1.807, 2.05) is 34.9 Å². The molecule has 0 bridgehead atoms. The van der Waals surface area contributed by atoms with Crippen molar-refractivity contribution in [1.29, 1.82) is 0 Å². The van der Waals surface area contributed by atoms with Gasteiger partial charge in [-0.15, -0.1) is 0 Å². The fraction of sp³-hybridized carbons (Fsp3) is 0.526. The van der Waals surface area contributed by atoms with Crippen LogP contribution in [0.4, 0.5) is 0 Å². The molecule has 0 saturated carbocycles. The molecule has 26 heavy (non-hydrogen) atoms. The van der Waals surface area contributed by atoms with Gasteiger partial charge in [-0.05, 0) is 30.6 Å². The zero-order chi connectivity index (χ0) is 18.5. The summed E-state index contributed by atoms with van der Waals surface area (Å²) in [4.78, 5) is 12.8. The topological polar surface area (TPSA) is 71.9 Å². The second-order valence-electron chi connectivity index (χ2n) is 6.94. The number of amides is 1. The van der Waals surface area contributed by atoms with E-state index in [4.69, 9.17) is 17.0 Å². The van der Waals surface area contributed by atoms with Crippen molar-refractivity contribution >= 4 is 18.1 Å². The van der Waals surface area contributed by atoms with Crippen molar-refractivity contribution in [1.82, 2.24) is 20.1 Å². The van der Waals surface area contributed by atoms with E-state index >= 15 is 0 Å². The molecule has 3 rings (SSSR count). The Labute approximate surface area is 159 Å². The molecule has 7 heteroatoms. The van der Waals surface area contributed by atoms with Crippen molar-refractivity contribution in [3.8, 4) is 0 Å². The lowest BCUT2D eigenvalue weighted by molar-refractivity contribution is -0.134. The largest absolute Gasteiger partial charge is 0.373 e. The number of H-pyrrole nitrogens is 1. The minimum Gasteiger partial charge on any atom is -0.373 e. The number of aromatic nitrogens is 3. The van der Waals surface area contributed by atoms with Gasteiger partial charge < -0.3 is 14.6 Å². The highest BCUT2D eigenvalue weighted by molar-refractivity contribution is 7.71. The molecule has 6 nitrogen and oxygen atoms in total. The van der Waals surface area contributed by atoms with Crippen LogP contribution in [0, 0.1) is 10.7 Å². The fourth-order valence-electron chi connectivity index (χ4n) is 3.43. The number of nitrogens with zero attached hydrogens (tertiary/aromatic N) is 2. The van der Waals surface area contributed by atoms with Gasteiger partial charge in [0.05, 0.1) is 12.0 Å². The third-order valence-electron chi connectivity index (χ3n) is 4.73. The summed E-state index contributed by atoms with van der Waals surface area (Å²) in [6, 6.07) is 9.99. The Morgan fingerprint density at radius 1 is 1.42 bits per heavy atom. The van der Waals surface area contributed by atoms with Gasteiger partial charge >= 0.3 is 0 Å². The molecule has 2 N–H and O–H groups in total. The maximum atomic E-state index is 12.8. The van der Waals surface area contributed by atoms with E-state index in [0.29, 0.717) is 24.5 Å². The second-order valence-corrected chi connectivity index (χ2v) is 7.32. The van der Waals surface area contributed by atoms with Crippen LogP contribution >= 0.6 is 12.2 Å². The number of ether oxygens (including phenoxy) is 1. The summed E-state index contributed by atoms with van der Waals surface area (Å²) in [5, 5.41) is 10.2. The average Bonchev–Trinajstić information content (AvgIpc) is 3.03. The van der Waals surface area contributed by atoms with Crippen molar-refractivity contribution in [3.05, 3.63) is 46.5 Å². The molecule has 140 valence electrons. The summed E-state index contributed by atoms with van der Waals surface area (Å²) >= 11 is 5.29. The molecule has 1 aromatic heterocycles. The van der Waals surface area contributed by atoms with E-state index in [2.05, 4.69) is 29.4 Å². The Morgan fingerprint density at radius 3 is 2.92 bits per heavy atom. The Hall–Kier alpha value is -1.99. The third kappa shape index (κ3) is 4.22. The van der Waals surface area contributed by atoms with E-state index in [0.717, 1.165) is 24.2 Å². The van der Waals surface area contributed by atoms with Crippen molar-refractivity contribution in [2.45, 2.75) is 45.3 Å². The first-order valence-electron chi connectivity index (χ1n) is 9.17. The van der Waals surface area contributed by atoms with E-state index < -0.39 is 0 Å². The Balaban J connectivity index is 1.62. The second kappa shape index (κ2) is 8.60. The molecule has 2 atom stereocenters. The molecule has 0 aliphatic carbocycles. The maximum Gasteiger partial charge on any atom is 0.226 e. The van der Waals surface area contributed by atoms with Crippen molar-refractivity contribution in [3.63, 3.8) is 0 Å². The van der Waals surface area contributed by atoms with E-state index in [1.54, 1.807) is 0 Å². The molecular formula is C19H26N4O2S. The van der Waals surface area contributed by atoms with Crippen LogP contribution < -0.4 is 5.32 Å². The number of carbonyl (C=O) groups is 1. The highest BCUT2D eigenvalue weighted by atomic mass is 32.1. The van der Waals surface area contributed by atoms with Gasteiger partial charge in [0.2, 0.25) is 5.91 Å². The van der Waals surface area contributed by atoms with Crippen LogP contribution in [-0.4, -0.2) is 33.8 Å². The Morgan fingerprint density at radius 2 is 2.19 bits per heavy atom. The van der Waals surface area contributed by atoms with Crippen LogP contribution in [0.5, 0.6) is 0 Å². The number of rotatable bonds is 6. The molecule has 1 fully saturated rings. The summed E-state index contributed by atoms with van der Waals surface area (Å²) in [6.07, 6.45) is 1.58. The predicted molar refractivity (Wildman–Crippen MR) is 102 cm³/mol. The number of hydrogen-bond donors (Lipinski definition) is 2. The zero-order valence-corrected chi connectivity index (χ0v) is 16.1. The van der Waals surface area contributed by atoms with Crippen molar-refractivity contribution < 1.29 is 9.53 Å². The molecule has 0 spiro atoms. The summed E-state index contributed by atoms with van der Waals surface area (Å²) < 4.78 is 8.46. The van der Waals surface area contributed by atoms with Crippen molar-refractivity contribution in [2.75, 3.05) is 13.2 Å². The lowest BCUT2D eigenvalue weighted by atomic mass is 9.89. The Kier molecular flexibility index (Phi) is 6.21. The third-order valence-corrected chi connectivity index (χ3v) is 5.04. The van der Waals surface area contributed by atoms with Crippen LogP contribution in [0.15, 0.2) is 30.3 Å². The van der Waals surface area contributed by atoms with Crippen LogP contribution in [0.2, 0.25) is 0 Å². The molecule has 1 saturated heterocycles. The SMILES string of the molecule is CC(C)c1n[nH]c(=S)n1CCNC(=O)[C@@H]1CCCO[C@H]1c1ccccc1. The molecule has 0 unspecified atom stereocenters. The van der Waals surface area contributed by atoms with Gasteiger partial charge in [-0.2, -0.15) is 5.10 Å². The molecule has 2 aromatic rings. The summed E-state index contributed by atoms with van der Waals surface area (Å²) in [5.41, 5.74) is 1.06. The van der Waals surface area contributed by atoms with Crippen molar-refractivity contribution in [2.24, 2.45) is 5.92 Å². The van der Waals surface area contributed by atoms with Crippen LogP contribution in [0.1, 0.15) is 50.1 Å². The van der Waals surface area contributed by atoms with Gasteiger partial charge in [-0.25, -0.2) is 0 Å². The van der Waals surface area contributed by atoms with Gasteiger partial charge in [-0.1, -0.05) is 44.2 Å². The first-order valence-corrected chi connectivity index (χ1v) is 9.58. The minimum atomic E-state index is -0.174. The zero-order valence-electron chi connectivity index (χ0n) is 15.3. The lowest BCUT2D eigenvalue weighted by Crippen LogP contribution is -2.39. The van der Waals surface area contributed by atoms with Gasteiger partial charge in [0.1, 0.15) is 5.82 Å². The van der Waals surface area contributed by atoms with E-state index in [9.17, 15) is 4.79 Å². The minimum absolute atomic E-state index is 0.0414. The molecule has 0 radical (unpaired) electrons. The summed E-state index contributed by atoms with van der Waals surface area (Å²) in [6.45, 7) is 5.97. The Bertz CT molecular complexity index is 784. The number of hydrogen-bond acceptors (Lipinski definition) is 4. The maximum absolute atomic E-state index is 12.8. The highest BCUT2D eigenvalue weighted by Crippen LogP contribution is 2.33. The van der Waals surface area contributed by atoms with Gasteiger partial charge in [0, 0.05) is 25.6 Å². The number of nitrogens with one attached hydrogen (secondary N) is 2. The van der Waals surface area contributed by atoms with Crippen LogP contribution in [0.3, 0.4) is 0 Å². The number of carbonyl (C=O) groups excluding carboxylic acids is 1. The molecular weight excluding hydrogens is 348 g/mol. The van der Waals surface area contributed by atoms with Crippen LogP contribution in [-0.2, 0) is 16.1 Å². The monoisotopic (exact) mass is 374 g/mol. The quantitative estimate of drug-likeness (QED) is 0.761. The van der Waals surface area contributed by atoms with Gasteiger partial charge in [0.15, 0.2) is 4.77 Å². The smallest absolute Gasteiger partial charge is 0.226 e.